The zero-order valence-electron chi connectivity index (χ0n) is 16.1. The first-order valence-corrected chi connectivity index (χ1v) is 10.9. The van der Waals surface area contributed by atoms with E-state index in [9.17, 15) is 13.2 Å². The van der Waals surface area contributed by atoms with Crippen LogP contribution in [0.25, 0.3) is 0 Å². The Morgan fingerprint density at radius 1 is 0.967 bits per heavy atom. The normalized spacial score (nSPS) is 11.1. The Morgan fingerprint density at radius 3 is 2.37 bits per heavy atom. The van der Waals surface area contributed by atoms with Crippen LogP contribution in [0.3, 0.4) is 0 Å². The van der Waals surface area contributed by atoms with Gasteiger partial charge in [-0.15, -0.1) is 0 Å². The Balaban J connectivity index is 1.76. The van der Waals surface area contributed by atoms with Gasteiger partial charge in [0, 0.05) is 25.3 Å². The third-order valence-corrected chi connectivity index (χ3v) is 6.16. The van der Waals surface area contributed by atoms with Gasteiger partial charge in [0.05, 0.1) is 26.8 Å². The lowest BCUT2D eigenvalue weighted by Gasteiger charge is -2.12. The topological polar surface area (TPSA) is 91.4 Å². The maximum Gasteiger partial charge on any atom is 0.261 e. The van der Waals surface area contributed by atoms with Crippen molar-refractivity contribution < 1.29 is 13.2 Å². The first kappa shape index (κ1) is 21.9. The predicted molar refractivity (Wildman–Crippen MR) is 120 cm³/mol. The Hall–Kier alpha value is -2.81. The number of anilines is 3. The molecule has 0 radical (unpaired) electrons. The van der Waals surface area contributed by atoms with Crippen LogP contribution in [0.5, 0.6) is 0 Å². The van der Waals surface area contributed by atoms with Gasteiger partial charge < -0.3 is 10.2 Å². The molecule has 156 valence electrons. The van der Waals surface area contributed by atoms with Gasteiger partial charge in [0.2, 0.25) is 0 Å². The summed E-state index contributed by atoms with van der Waals surface area (Å²) in [6, 6.07) is 13.6. The molecule has 0 atom stereocenters. The first-order valence-electron chi connectivity index (χ1n) is 8.68. The fourth-order valence-electron chi connectivity index (χ4n) is 2.51. The number of rotatable bonds is 6. The van der Waals surface area contributed by atoms with E-state index in [0.29, 0.717) is 5.69 Å². The van der Waals surface area contributed by atoms with Gasteiger partial charge in [-0.25, -0.2) is 13.4 Å². The Kier molecular flexibility index (Phi) is 6.50. The van der Waals surface area contributed by atoms with Gasteiger partial charge in [0.15, 0.2) is 0 Å². The van der Waals surface area contributed by atoms with E-state index in [2.05, 4.69) is 15.0 Å². The van der Waals surface area contributed by atoms with E-state index in [1.54, 1.807) is 36.5 Å². The molecular formula is C20H18Cl2N4O3S. The fourth-order valence-corrected chi connectivity index (χ4v) is 3.95. The van der Waals surface area contributed by atoms with Crippen molar-refractivity contribution in [1.82, 2.24) is 4.98 Å². The molecule has 30 heavy (non-hydrogen) atoms. The maximum absolute atomic E-state index is 12.6. The number of sulfonamides is 1. The summed E-state index contributed by atoms with van der Waals surface area (Å²) in [4.78, 5) is 18.6. The van der Waals surface area contributed by atoms with Crippen LogP contribution in [-0.4, -0.2) is 33.4 Å². The Bertz CT molecular complexity index is 1180. The summed E-state index contributed by atoms with van der Waals surface area (Å²) >= 11 is 11.7. The molecule has 0 bridgehead atoms. The summed E-state index contributed by atoms with van der Waals surface area (Å²) in [5.41, 5.74) is 1.03. The van der Waals surface area contributed by atoms with E-state index in [-0.39, 0.29) is 26.2 Å². The first-order chi connectivity index (χ1) is 14.2. The van der Waals surface area contributed by atoms with Crippen LogP contribution in [0.2, 0.25) is 10.0 Å². The van der Waals surface area contributed by atoms with Crippen molar-refractivity contribution in [3.05, 3.63) is 76.4 Å². The lowest BCUT2D eigenvalue weighted by Crippen LogP contribution is -2.15. The van der Waals surface area contributed by atoms with E-state index in [4.69, 9.17) is 23.2 Å². The van der Waals surface area contributed by atoms with Crippen molar-refractivity contribution in [3.8, 4) is 0 Å². The van der Waals surface area contributed by atoms with E-state index in [1.807, 2.05) is 19.0 Å². The van der Waals surface area contributed by atoms with Crippen LogP contribution in [-0.2, 0) is 10.0 Å². The number of carbonyl (C=O) groups is 1. The molecule has 1 heterocycles. The molecular weight excluding hydrogens is 447 g/mol. The number of nitrogens with one attached hydrogen (secondary N) is 2. The summed E-state index contributed by atoms with van der Waals surface area (Å²) < 4.78 is 27.6. The number of nitrogens with zero attached hydrogens (tertiary/aromatic N) is 2. The number of carbonyl (C=O) groups excluding carboxylic acids is 1. The number of hydrogen-bond donors (Lipinski definition) is 2. The second-order valence-electron chi connectivity index (χ2n) is 6.52. The third kappa shape index (κ3) is 5.21. The van der Waals surface area contributed by atoms with Crippen molar-refractivity contribution in [1.29, 1.82) is 0 Å². The molecule has 3 rings (SSSR count). The third-order valence-electron chi connectivity index (χ3n) is 4.04. The molecule has 10 heteroatoms. The van der Waals surface area contributed by atoms with Gasteiger partial charge in [-0.3, -0.25) is 9.52 Å². The van der Waals surface area contributed by atoms with Gasteiger partial charge in [-0.05, 0) is 48.5 Å². The maximum atomic E-state index is 12.6. The summed E-state index contributed by atoms with van der Waals surface area (Å²) in [5, 5.41) is 3.11. The molecule has 7 nitrogen and oxygen atoms in total. The highest BCUT2D eigenvalue weighted by Gasteiger charge is 2.17. The molecule has 0 fully saturated rings. The van der Waals surface area contributed by atoms with Gasteiger partial charge in [-0.2, -0.15) is 0 Å². The molecule has 0 unspecified atom stereocenters. The summed E-state index contributed by atoms with van der Waals surface area (Å²) in [7, 11) is -0.174. The second kappa shape index (κ2) is 8.91. The van der Waals surface area contributed by atoms with Gasteiger partial charge >= 0.3 is 0 Å². The minimum atomic E-state index is -3.91. The summed E-state index contributed by atoms with van der Waals surface area (Å²) in [5.74, 6) is 0.358. The highest BCUT2D eigenvalue weighted by atomic mass is 35.5. The summed E-state index contributed by atoms with van der Waals surface area (Å²) in [6.07, 6.45) is 1.55. The van der Waals surface area contributed by atoms with Gasteiger partial charge in [-0.1, -0.05) is 29.3 Å². The van der Waals surface area contributed by atoms with Crippen LogP contribution in [0, 0.1) is 0 Å². The molecule has 1 amide bonds. The zero-order chi connectivity index (χ0) is 21.9. The molecule has 0 saturated heterocycles. The number of hydrogen-bond acceptors (Lipinski definition) is 5. The lowest BCUT2D eigenvalue weighted by atomic mass is 10.2. The summed E-state index contributed by atoms with van der Waals surface area (Å²) in [6.45, 7) is 0. The van der Waals surface area contributed by atoms with Crippen molar-refractivity contribution in [2.24, 2.45) is 0 Å². The molecule has 0 aliphatic heterocycles. The number of pyridine rings is 1. The van der Waals surface area contributed by atoms with Crippen molar-refractivity contribution in [3.63, 3.8) is 0 Å². The number of amides is 1. The van der Waals surface area contributed by atoms with Crippen LogP contribution in [0.4, 0.5) is 17.2 Å². The standard InChI is InChI=1S/C20H18Cl2N4O3S/c1-26(2)19-9-6-15(12-23-19)24-20(27)13-4-3-5-14(10-13)25-30(28,29)16-7-8-17(21)18(22)11-16/h3-12,25H,1-2H3,(H,24,27). The van der Waals surface area contributed by atoms with E-state index in [1.165, 1.54) is 24.3 Å². The smallest absolute Gasteiger partial charge is 0.261 e. The average Bonchev–Trinajstić information content (AvgIpc) is 2.70. The minimum Gasteiger partial charge on any atom is -0.363 e. The van der Waals surface area contributed by atoms with Crippen LogP contribution in [0.1, 0.15) is 10.4 Å². The highest BCUT2D eigenvalue weighted by Crippen LogP contribution is 2.26. The lowest BCUT2D eigenvalue weighted by molar-refractivity contribution is 0.102. The Labute approximate surface area is 184 Å². The molecule has 2 N–H and O–H groups in total. The minimum absolute atomic E-state index is 0.0428. The fraction of sp³-hybridized carbons (Fsp3) is 0.100. The molecule has 0 saturated carbocycles. The van der Waals surface area contributed by atoms with Gasteiger partial charge in [0.1, 0.15) is 5.82 Å². The van der Waals surface area contributed by atoms with Gasteiger partial charge in [0.25, 0.3) is 15.9 Å². The van der Waals surface area contributed by atoms with Crippen LogP contribution >= 0.6 is 23.2 Å². The molecule has 1 aromatic heterocycles. The molecule has 0 aliphatic carbocycles. The number of aromatic nitrogens is 1. The van der Waals surface area contributed by atoms with E-state index in [0.717, 1.165) is 5.82 Å². The van der Waals surface area contributed by atoms with E-state index < -0.39 is 15.9 Å². The quantitative estimate of drug-likeness (QED) is 0.559. The monoisotopic (exact) mass is 464 g/mol. The van der Waals surface area contributed by atoms with Crippen LogP contribution < -0.4 is 14.9 Å². The SMILES string of the molecule is CN(C)c1ccc(NC(=O)c2cccc(NS(=O)(=O)c3ccc(Cl)c(Cl)c3)c2)cn1. The zero-order valence-corrected chi connectivity index (χ0v) is 18.4. The number of halogens is 2. The van der Waals surface area contributed by atoms with Crippen molar-refractivity contribution >= 4 is 56.3 Å². The van der Waals surface area contributed by atoms with Crippen molar-refractivity contribution in [2.45, 2.75) is 4.90 Å². The molecule has 0 spiro atoms. The second-order valence-corrected chi connectivity index (χ2v) is 9.01. The molecule has 3 aromatic rings. The predicted octanol–water partition coefficient (Wildman–Crippen LogP) is 4.51. The Morgan fingerprint density at radius 2 is 1.73 bits per heavy atom. The van der Waals surface area contributed by atoms with E-state index >= 15 is 0 Å². The average molecular weight is 465 g/mol. The molecule has 2 aromatic carbocycles. The largest absolute Gasteiger partial charge is 0.363 e. The van der Waals surface area contributed by atoms with Crippen molar-refractivity contribution in [2.75, 3.05) is 29.0 Å². The molecule has 0 aliphatic rings. The highest BCUT2D eigenvalue weighted by molar-refractivity contribution is 7.92. The van der Waals surface area contributed by atoms with Crippen LogP contribution in [0.15, 0.2) is 65.7 Å². The number of benzene rings is 2.